The molecular formula is C9H10ClNO2S2. The highest BCUT2D eigenvalue weighted by molar-refractivity contribution is 8.11. The molecule has 0 atom stereocenters. The number of rotatable bonds is 1. The fraction of sp³-hybridized carbons (Fsp3) is 0.333. The van der Waals surface area contributed by atoms with E-state index in [-0.39, 0.29) is 0 Å². The molecule has 0 spiro atoms. The third kappa shape index (κ3) is 2.66. The van der Waals surface area contributed by atoms with Crippen LogP contribution in [0.2, 0.25) is 0 Å². The summed E-state index contributed by atoms with van der Waals surface area (Å²) in [6.07, 6.45) is 0. The Bertz CT molecular complexity index is 461. The first-order chi connectivity index (χ1) is 7.07. The molecule has 1 aromatic rings. The molecule has 0 bridgehead atoms. The maximum Gasteiger partial charge on any atom is 0.300 e. The zero-order chi connectivity index (χ0) is 10.9. The van der Waals surface area contributed by atoms with E-state index in [4.69, 9.17) is 10.7 Å². The Hall–Kier alpha value is -0.230. The fourth-order valence-electron chi connectivity index (χ4n) is 1.49. The lowest BCUT2D eigenvalue weighted by atomic mass is 10.2. The zero-order valence-corrected chi connectivity index (χ0v) is 10.3. The Balaban J connectivity index is 2.33. The highest BCUT2D eigenvalue weighted by Crippen LogP contribution is 2.28. The molecule has 15 heavy (non-hydrogen) atoms. The van der Waals surface area contributed by atoms with Crippen molar-refractivity contribution in [2.45, 2.75) is 11.4 Å². The van der Waals surface area contributed by atoms with Gasteiger partial charge in [-0.05, 0) is 11.6 Å². The van der Waals surface area contributed by atoms with Crippen LogP contribution in [0.15, 0.2) is 29.2 Å². The van der Waals surface area contributed by atoms with Gasteiger partial charge in [-0.25, -0.2) is 0 Å². The number of nitrogens with zero attached hydrogens (tertiary/aromatic N) is 1. The lowest BCUT2D eigenvalue weighted by Gasteiger charge is -2.14. The highest BCUT2D eigenvalue weighted by atomic mass is 35.7. The van der Waals surface area contributed by atoms with Gasteiger partial charge in [-0.2, -0.15) is 12.7 Å². The second-order valence-electron chi connectivity index (χ2n) is 3.23. The van der Waals surface area contributed by atoms with E-state index in [9.17, 15) is 8.42 Å². The van der Waals surface area contributed by atoms with Crippen LogP contribution in [0.3, 0.4) is 0 Å². The Morgan fingerprint density at radius 1 is 1.33 bits per heavy atom. The molecule has 1 aromatic carbocycles. The van der Waals surface area contributed by atoms with Crippen molar-refractivity contribution in [1.29, 1.82) is 0 Å². The largest absolute Gasteiger partial charge is 0.300 e. The topological polar surface area (TPSA) is 37.4 Å². The van der Waals surface area contributed by atoms with Crippen LogP contribution in [0.4, 0.5) is 0 Å². The summed E-state index contributed by atoms with van der Waals surface area (Å²) in [6, 6.07) is 7.80. The van der Waals surface area contributed by atoms with Crippen molar-refractivity contribution in [3.8, 4) is 0 Å². The Labute approximate surface area is 98.0 Å². The van der Waals surface area contributed by atoms with Crippen molar-refractivity contribution in [2.24, 2.45) is 0 Å². The first-order valence-corrected chi connectivity index (χ1v) is 7.73. The number of hydrogen-bond acceptors (Lipinski definition) is 3. The van der Waals surface area contributed by atoms with Crippen molar-refractivity contribution in [1.82, 2.24) is 4.31 Å². The average Bonchev–Trinajstić information content (AvgIpc) is 2.38. The Morgan fingerprint density at radius 3 is 2.80 bits per heavy atom. The van der Waals surface area contributed by atoms with E-state index in [2.05, 4.69) is 0 Å². The van der Waals surface area contributed by atoms with Gasteiger partial charge in [0.05, 0.1) is 0 Å². The summed E-state index contributed by atoms with van der Waals surface area (Å²) in [5.74, 6) is 0.739. The van der Waals surface area contributed by atoms with Crippen LogP contribution in [0.5, 0.6) is 0 Å². The van der Waals surface area contributed by atoms with Crippen LogP contribution in [-0.2, 0) is 15.8 Å². The van der Waals surface area contributed by atoms with Crippen molar-refractivity contribution in [3.63, 3.8) is 0 Å². The molecule has 2 rings (SSSR count). The molecule has 0 amide bonds. The summed E-state index contributed by atoms with van der Waals surface area (Å²) in [6.45, 7) is 0.834. The normalized spacial score (nSPS) is 18.2. The monoisotopic (exact) mass is 263 g/mol. The van der Waals surface area contributed by atoms with Crippen LogP contribution in [0, 0.1) is 0 Å². The predicted octanol–water partition coefficient (Wildman–Crippen LogP) is 2.08. The molecule has 0 unspecified atom stereocenters. The summed E-state index contributed by atoms with van der Waals surface area (Å²) in [5.41, 5.74) is 1.02. The summed E-state index contributed by atoms with van der Waals surface area (Å²) in [7, 11) is 1.74. The molecule has 1 aliphatic rings. The molecule has 0 N–H and O–H groups in total. The molecule has 0 fully saturated rings. The number of hydrogen-bond donors (Lipinski definition) is 0. The quantitative estimate of drug-likeness (QED) is 0.728. The van der Waals surface area contributed by atoms with Crippen molar-refractivity contribution in [2.75, 3.05) is 12.3 Å². The molecule has 1 heterocycles. The second kappa shape index (κ2) is 4.33. The van der Waals surface area contributed by atoms with Crippen LogP contribution in [0.1, 0.15) is 5.56 Å². The molecule has 3 nitrogen and oxygen atoms in total. The summed E-state index contributed by atoms with van der Waals surface area (Å²) >= 11 is 1.66. The highest BCUT2D eigenvalue weighted by Gasteiger charge is 2.22. The van der Waals surface area contributed by atoms with E-state index in [0.29, 0.717) is 13.1 Å². The lowest BCUT2D eigenvalue weighted by Crippen LogP contribution is -2.27. The molecule has 0 aliphatic carbocycles. The standard InChI is InChI=1S/C9H10ClNO2S2/c10-15(12,13)11-5-6-14-9-4-2-1-3-8(9)7-11/h1-4H,5-7H2. The molecule has 0 saturated carbocycles. The number of halogens is 1. The van der Waals surface area contributed by atoms with Gasteiger partial charge < -0.3 is 0 Å². The number of benzene rings is 1. The van der Waals surface area contributed by atoms with Gasteiger partial charge in [0.25, 0.3) is 9.24 Å². The van der Waals surface area contributed by atoms with Gasteiger partial charge in [0.15, 0.2) is 0 Å². The molecule has 0 aromatic heterocycles. The molecule has 0 radical (unpaired) electrons. The van der Waals surface area contributed by atoms with Gasteiger partial charge in [0, 0.05) is 34.4 Å². The molecule has 6 heteroatoms. The third-order valence-corrected chi connectivity index (χ3v) is 4.84. The van der Waals surface area contributed by atoms with Gasteiger partial charge in [-0.3, -0.25) is 0 Å². The van der Waals surface area contributed by atoms with Crippen LogP contribution < -0.4 is 0 Å². The summed E-state index contributed by atoms with van der Waals surface area (Å²) in [4.78, 5) is 1.14. The maximum absolute atomic E-state index is 11.2. The molecular weight excluding hydrogens is 254 g/mol. The summed E-state index contributed by atoms with van der Waals surface area (Å²) in [5, 5.41) is 0. The number of thioether (sulfide) groups is 1. The Morgan fingerprint density at radius 2 is 2.07 bits per heavy atom. The van der Waals surface area contributed by atoms with Crippen LogP contribution in [0.25, 0.3) is 0 Å². The van der Waals surface area contributed by atoms with Crippen molar-refractivity contribution in [3.05, 3.63) is 29.8 Å². The number of fused-ring (bicyclic) bond motifs is 1. The van der Waals surface area contributed by atoms with E-state index in [1.165, 1.54) is 4.31 Å². The minimum atomic E-state index is -3.60. The van der Waals surface area contributed by atoms with E-state index >= 15 is 0 Å². The predicted molar refractivity (Wildman–Crippen MR) is 62.3 cm³/mol. The van der Waals surface area contributed by atoms with Gasteiger partial charge in [-0.15, -0.1) is 11.8 Å². The summed E-state index contributed by atoms with van der Waals surface area (Å²) < 4.78 is 23.8. The maximum atomic E-state index is 11.2. The van der Waals surface area contributed by atoms with E-state index in [1.54, 1.807) is 11.8 Å². The van der Waals surface area contributed by atoms with Gasteiger partial charge in [0.2, 0.25) is 0 Å². The molecule has 82 valence electrons. The first kappa shape index (κ1) is 11.3. The second-order valence-corrected chi connectivity index (χ2v) is 6.88. The zero-order valence-electron chi connectivity index (χ0n) is 7.89. The van der Waals surface area contributed by atoms with Gasteiger partial charge >= 0.3 is 0 Å². The molecule has 1 aliphatic heterocycles. The SMILES string of the molecule is O=S(=O)(Cl)N1CCSc2ccccc2C1. The third-order valence-electron chi connectivity index (χ3n) is 2.23. The smallest absolute Gasteiger partial charge is 0.195 e. The van der Waals surface area contributed by atoms with Crippen molar-refractivity contribution >= 4 is 31.7 Å². The van der Waals surface area contributed by atoms with E-state index in [1.807, 2.05) is 24.3 Å². The van der Waals surface area contributed by atoms with E-state index in [0.717, 1.165) is 16.2 Å². The lowest BCUT2D eigenvalue weighted by molar-refractivity contribution is 0.438. The van der Waals surface area contributed by atoms with Gasteiger partial charge in [0.1, 0.15) is 0 Å². The van der Waals surface area contributed by atoms with E-state index < -0.39 is 9.24 Å². The fourth-order valence-corrected chi connectivity index (χ4v) is 3.58. The van der Waals surface area contributed by atoms with Gasteiger partial charge in [-0.1, -0.05) is 18.2 Å². The average molecular weight is 264 g/mol. The minimum Gasteiger partial charge on any atom is -0.195 e. The van der Waals surface area contributed by atoms with Crippen LogP contribution >= 0.6 is 22.4 Å². The first-order valence-electron chi connectivity index (χ1n) is 4.48. The van der Waals surface area contributed by atoms with Crippen LogP contribution in [-0.4, -0.2) is 25.0 Å². The van der Waals surface area contributed by atoms with Crippen molar-refractivity contribution < 1.29 is 8.42 Å². The minimum absolute atomic E-state index is 0.370. The Kier molecular flexibility index (Phi) is 3.25. The molecule has 0 saturated heterocycles.